The van der Waals surface area contributed by atoms with Gasteiger partial charge in [0, 0.05) is 52.1 Å². The summed E-state index contributed by atoms with van der Waals surface area (Å²) in [4.78, 5) is 62.3. The molecule has 0 spiro atoms. The Kier molecular flexibility index (Phi) is 16.1. The van der Waals surface area contributed by atoms with Gasteiger partial charge in [-0.15, -0.1) is 0 Å². The van der Waals surface area contributed by atoms with E-state index in [1.807, 2.05) is 120 Å². The molecule has 0 saturated heterocycles. The summed E-state index contributed by atoms with van der Waals surface area (Å²) in [5.41, 5.74) is 1.60. The van der Waals surface area contributed by atoms with Crippen molar-refractivity contribution in [1.29, 1.82) is 0 Å². The SMILES string of the molecule is CC.COc1nc(=O)c(O)c2n1C(C(c1ccc(Cl)cc1)c1ccc(Cl)cc1)CN(C(C)C)C2=O.COc1nc(=O)c(O)c2n1C(C(c1ccccc1)c1ccccc1Cl)CN(C(C)C)C2=O. The predicted octanol–water partition coefficient (Wildman–Crippen LogP) is 9.38. The topological polar surface area (TPSA) is 169 Å². The molecule has 3 atom stereocenters. The maximum Gasteiger partial charge on any atom is 0.318 e. The van der Waals surface area contributed by atoms with Crippen LogP contribution >= 0.6 is 34.8 Å². The Balaban J connectivity index is 0.000000213. The highest BCUT2D eigenvalue weighted by Crippen LogP contribution is 2.45. The molecule has 0 aliphatic carbocycles. The van der Waals surface area contributed by atoms with Crippen LogP contribution in [0.4, 0.5) is 0 Å². The average molecular weight is 972 g/mol. The molecule has 0 bridgehead atoms. The first-order valence-electron chi connectivity index (χ1n) is 21.8. The molecule has 0 fully saturated rings. The summed E-state index contributed by atoms with van der Waals surface area (Å²) < 4.78 is 13.9. The first-order valence-corrected chi connectivity index (χ1v) is 22.9. The molecule has 67 heavy (non-hydrogen) atoms. The molecule has 2 N–H and O–H groups in total. The third kappa shape index (κ3) is 10.0. The molecule has 6 aromatic rings. The average Bonchev–Trinajstić information content (AvgIpc) is 3.32. The van der Waals surface area contributed by atoms with Crippen LogP contribution in [0, 0.1) is 0 Å². The second-order valence-corrected chi connectivity index (χ2v) is 17.4. The minimum Gasteiger partial charge on any atom is -0.501 e. The van der Waals surface area contributed by atoms with E-state index in [1.54, 1.807) is 38.6 Å². The second-order valence-electron chi connectivity index (χ2n) is 16.2. The maximum absolute atomic E-state index is 13.3. The zero-order valence-corrected chi connectivity index (χ0v) is 40.6. The van der Waals surface area contributed by atoms with Gasteiger partial charge >= 0.3 is 23.1 Å². The van der Waals surface area contributed by atoms with E-state index in [1.165, 1.54) is 18.8 Å². The number of aromatic hydroxyl groups is 2. The Morgan fingerprint density at radius 3 is 1.31 bits per heavy atom. The Bertz CT molecular complexity index is 2790. The molecule has 2 aromatic heterocycles. The summed E-state index contributed by atoms with van der Waals surface area (Å²) in [6, 6.07) is 30.9. The van der Waals surface area contributed by atoms with Crippen molar-refractivity contribution in [3.05, 3.63) is 173 Å². The van der Waals surface area contributed by atoms with E-state index in [-0.39, 0.29) is 47.3 Å². The highest BCUT2D eigenvalue weighted by molar-refractivity contribution is 6.31. The second kappa shape index (κ2) is 21.5. The zero-order valence-electron chi connectivity index (χ0n) is 38.4. The van der Waals surface area contributed by atoms with Gasteiger partial charge in [0.25, 0.3) is 11.8 Å². The lowest BCUT2D eigenvalue weighted by Gasteiger charge is -2.42. The Morgan fingerprint density at radius 2 is 0.925 bits per heavy atom. The summed E-state index contributed by atoms with van der Waals surface area (Å²) in [6.07, 6.45) is 0. The van der Waals surface area contributed by atoms with Crippen LogP contribution in [0.25, 0.3) is 0 Å². The quantitative estimate of drug-likeness (QED) is 0.135. The van der Waals surface area contributed by atoms with Gasteiger partial charge in [-0.3, -0.25) is 28.3 Å². The fourth-order valence-electron chi connectivity index (χ4n) is 8.70. The molecular formula is C50H53Cl3N6O8. The van der Waals surface area contributed by atoms with Gasteiger partial charge in [-0.2, -0.15) is 9.97 Å². The molecule has 352 valence electrons. The lowest BCUT2D eigenvalue weighted by molar-refractivity contribution is 0.0565. The van der Waals surface area contributed by atoms with E-state index in [4.69, 9.17) is 44.3 Å². The standard InChI is InChI=1S/C24H23Cl2N3O4.C24H24ClN3O4.C2H6/c1-13(2)28-12-18(29-20(23(28)32)21(30)22(31)27-24(29)33-3)19(14-4-8-16(25)9-5-14)15-6-10-17(26)11-7-15;1-14(2)27-13-18(28-20(23(27)31)21(29)22(30)26-24(28)32-3)19(15-9-5-4-6-10-15)16-11-7-8-12-17(16)25;1-2/h4-11,13,18-19,30H,12H2,1-3H3;4-12,14,18-19,29H,13H2,1-3H3;1-2H3. The molecule has 2 aliphatic heterocycles. The first kappa shape index (κ1) is 50.1. The van der Waals surface area contributed by atoms with Crippen molar-refractivity contribution < 1.29 is 29.3 Å². The number of benzene rings is 4. The van der Waals surface area contributed by atoms with E-state index >= 15 is 0 Å². The normalized spacial score (nSPS) is 15.9. The molecule has 4 aromatic carbocycles. The monoisotopic (exact) mass is 970 g/mol. The molecule has 3 unspecified atom stereocenters. The van der Waals surface area contributed by atoms with Crippen LogP contribution in [-0.4, -0.2) is 90.3 Å². The van der Waals surface area contributed by atoms with Gasteiger partial charge in [-0.25, -0.2) is 0 Å². The van der Waals surface area contributed by atoms with Gasteiger partial charge in [0.05, 0.1) is 26.3 Å². The summed E-state index contributed by atoms with van der Waals surface area (Å²) in [6.45, 7) is 12.2. The Morgan fingerprint density at radius 1 is 0.552 bits per heavy atom. The van der Waals surface area contributed by atoms with Gasteiger partial charge in [-0.05, 0) is 80.3 Å². The third-order valence-corrected chi connectivity index (χ3v) is 12.6. The molecule has 4 heterocycles. The number of hydrogen-bond donors (Lipinski definition) is 2. The highest BCUT2D eigenvalue weighted by atomic mass is 35.5. The minimum absolute atomic E-state index is 0.0301. The number of carbonyl (C=O) groups is 2. The number of aromatic nitrogens is 4. The molecular weight excluding hydrogens is 919 g/mol. The predicted molar refractivity (Wildman–Crippen MR) is 260 cm³/mol. The molecule has 14 nitrogen and oxygen atoms in total. The van der Waals surface area contributed by atoms with E-state index < -0.39 is 46.5 Å². The number of rotatable bonds is 10. The van der Waals surface area contributed by atoms with Crippen molar-refractivity contribution in [2.45, 2.75) is 77.5 Å². The molecule has 2 aliphatic rings. The van der Waals surface area contributed by atoms with E-state index in [9.17, 15) is 29.4 Å². The summed E-state index contributed by atoms with van der Waals surface area (Å²) in [7, 11) is 2.76. The number of amides is 2. The van der Waals surface area contributed by atoms with Crippen LogP contribution in [0.3, 0.4) is 0 Å². The van der Waals surface area contributed by atoms with E-state index in [0.29, 0.717) is 28.2 Å². The Hall–Kier alpha value is -6.35. The van der Waals surface area contributed by atoms with Crippen LogP contribution in [0.2, 0.25) is 15.1 Å². The van der Waals surface area contributed by atoms with Crippen molar-refractivity contribution in [3.63, 3.8) is 0 Å². The van der Waals surface area contributed by atoms with Gasteiger partial charge in [0.15, 0.2) is 11.4 Å². The van der Waals surface area contributed by atoms with Crippen LogP contribution in [-0.2, 0) is 0 Å². The van der Waals surface area contributed by atoms with Gasteiger partial charge in [0.1, 0.15) is 0 Å². The van der Waals surface area contributed by atoms with Crippen molar-refractivity contribution in [2.75, 3.05) is 27.3 Å². The van der Waals surface area contributed by atoms with Crippen LogP contribution < -0.4 is 20.6 Å². The number of halogens is 3. The van der Waals surface area contributed by atoms with Crippen LogP contribution in [0.5, 0.6) is 23.5 Å². The summed E-state index contributed by atoms with van der Waals surface area (Å²) in [5.74, 6) is -2.89. The number of ether oxygens (including phenoxy) is 2. The fourth-order valence-corrected chi connectivity index (χ4v) is 9.20. The number of hydrogen-bond acceptors (Lipinski definition) is 10. The number of nitrogens with zero attached hydrogens (tertiary/aromatic N) is 6. The van der Waals surface area contributed by atoms with E-state index in [2.05, 4.69) is 9.97 Å². The van der Waals surface area contributed by atoms with Gasteiger partial charge in [0.2, 0.25) is 11.5 Å². The molecule has 0 radical (unpaired) electrons. The van der Waals surface area contributed by atoms with Crippen LogP contribution in [0.1, 0.15) is 109 Å². The smallest absolute Gasteiger partial charge is 0.318 e. The Labute approximate surface area is 403 Å². The molecule has 0 saturated carbocycles. The van der Waals surface area contributed by atoms with Crippen molar-refractivity contribution in [2.24, 2.45) is 0 Å². The summed E-state index contributed by atoms with van der Waals surface area (Å²) in [5, 5.41) is 23.0. The van der Waals surface area contributed by atoms with Crippen molar-refractivity contribution in [1.82, 2.24) is 28.9 Å². The van der Waals surface area contributed by atoms with Gasteiger partial charge < -0.3 is 29.5 Å². The van der Waals surface area contributed by atoms with Crippen molar-refractivity contribution >= 4 is 46.6 Å². The van der Waals surface area contributed by atoms with Crippen molar-refractivity contribution in [3.8, 4) is 23.5 Å². The molecule has 2 amide bonds. The number of methoxy groups -OCH3 is 2. The summed E-state index contributed by atoms with van der Waals surface area (Å²) >= 11 is 18.9. The molecule has 17 heteroatoms. The zero-order chi connectivity index (χ0) is 48.9. The minimum atomic E-state index is -0.912. The fraction of sp³-hybridized carbons (Fsp3) is 0.320. The van der Waals surface area contributed by atoms with Gasteiger partial charge in [-0.1, -0.05) is 121 Å². The first-order chi connectivity index (χ1) is 32.1. The number of carbonyl (C=O) groups excluding carboxylic acids is 2. The number of fused-ring (bicyclic) bond motifs is 2. The molecule has 8 rings (SSSR count). The van der Waals surface area contributed by atoms with Crippen LogP contribution in [0.15, 0.2) is 113 Å². The maximum atomic E-state index is 13.3. The van der Waals surface area contributed by atoms with E-state index in [0.717, 1.165) is 22.3 Å². The lowest BCUT2D eigenvalue weighted by Crippen LogP contribution is -2.49. The third-order valence-electron chi connectivity index (χ3n) is 11.7. The largest absolute Gasteiger partial charge is 0.501 e. The highest BCUT2D eigenvalue weighted by Gasteiger charge is 2.44. The lowest BCUT2D eigenvalue weighted by atomic mass is 9.83.